The first-order chi connectivity index (χ1) is 9.60. The first kappa shape index (κ1) is 14.3. The molecule has 0 saturated heterocycles. The van der Waals surface area contributed by atoms with Crippen LogP contribution in [0.3, 0.4) is 0 Å². The second-order valence-corrected chi connectivity index (χ2v) is 4.60. The Labute approximate surface area is 121 Å². The Kier molecular flexibility index (Phi) is 4.58. The summed E-state index contributed by atoms with van der Waals surface area (Å²) in [4.78, 5) is 11.9. The summed E-state index contributed by atoms with van der Waals surface area (Å²) in [5, 5.41) is 3.53. The summed E-state index contributed by atoms with van der Waals surface area (Å²) >= 11 is 5.90. The smallest absolute Gasteiger partial charge is 0.332 e. The van der Waals surface area contributed by atoms with E-state index in [0.29, 0.717) is 16.3 Å². The van der Waals surface area contributed by atoms with Crippen LogP contribution in [-0.2, 0) is 9.53 Å². The summed E-state index contributed by atoms with van der Waals surface area (Å²) in [6.07, 6.45) is 0. The Bertz CT molecular complexity index is 618. The van der Waals surface area contributed by atoms with Crippen molar-refractivity contribution in [2.24, 2.45) is 0 Å². The molecule has 0 bridgehead atoms. The van der Waals surface area contributed by atoms with Crippen LogP contribution < -0.4 is 5.32 Å². The molecule has 2 aromatic rings. The highest BCUT2D eigenvalue weighted by molar-refractivity contribution is 6.30. The molecule has 5 heteroatoms. The van der Waals surface area contributed by atoms with Crippen LogP contribution in [0.4, 0.5) is 10.1 Å². The number of ether oxygens (including phenoxy) is 1. The van der Waals surface area contributed by atoms with E-state index in [-0.39, 0.29) is 0 Å². The normalized spacial score (nSPS) is 11.8. The Morgan fingerprint density at radius 3 is 2.65 bits per heavy atom. The number of rotatable bonds is 4. The average Bonchev–Trinajstić information content (AvgIpc) is 2.44. The van der Waals surface area contributed by atoms with E-state index in [1.54, 1.807) is 36.4 Å². The minimum absolute atomic E-state index is 0.413. The van der Waals surface area contributed by atoms with E-state index < -0.39 is 17.8 Å². The molecule has 3 nitrogen and oxygen atoms in total. The van der Waals surface area contributed by atoms with Crippen molar-refractivity contribution in [3.63, 3.8) is 0 Å². The van der Waals surface area contributed by atoms with Gasteiger partial charge in [0.05, 0.1) is 7.11 Å². The monoisotopic (exact) mass is 293 g/mol. The molecule has 2 rings (SSSR count). The number of anilines is 1. The third-order valence-electron chi connectivity index (χ3n) is 2.75. The molecular formula is C15H13ClFNO2. The van der Waals surface area contributed by atoms with Crippen molar-refractivity contribution < 1.29 is 13.9 Å². The van der Waals surface area contributed by atoms with Gasteiger partial charge in [-0.1, -0.05) is 29.8 Å². The molecule has 0 spiro atoms. The highest BCUT2D eigenvalue weighted by Crippen LogP contribution is 2.23. The topological polar surface area (TPSA) is 38.3 Å². The predicted octanol–water partition coefficient (Wildman–Crippen LogP) is 3.81. The first-order valence-electron chi connectivity index (χ1n) is 5.95. The van der Waals surface area contributed by atoms with Crippen LogP contribution in [0.15, 0.2) is 48.5 Å². The van der Waals surface area contributed by atoms with E-state index in [4.69, 9.17) is 16.3 Å². The molecule has 1 atom stereocenters. The van der Waals surface area contributed by atoms with Crippen molar-refractivity contribution in [1.29, 1.82) is 0 Å². The summed E-state index contributed by atoms with van der Waals surface area (Å²) in [5.41, 5.74) is 1.13. The summed E-state index contributed by atoms with van der Waals surface area (Å²) in [7, 11) is 1.29. The number of hydrogen-bond donors (Lipinski definition) is 1. The van der Waals surface area contributed by atoms with Crippen molar-refractivity contribution >= 4 is 23.3 Å². The molecule has 0 aromatic heterocycles. The van der Waals surface area contributed by atoms with Gasteiger partial charge in [-0.25, -0.2) is 9.18 Å². The van der Waals surface area contributed by atoms with Crippen molar-refractivity contribution in [3.05, 3.63) is 64.9 Å². The van der Waals surface area contributed by atoms with Crippen molar-refractivity contribution in [1.82, 2.24) is 0 Å². The maximum Gasteiger partial charge on any atom is 0.332 e. The second-order valence-electron chi connectivity index (χ2n) is 4.17. The lowest BCUT2D eigenvalue weighted by atomic mass is 10.1. The summed E-state index contributed by atoms with van der Waals surface area (Å²) in [5.74, 6) is -0.917. The van der Waals surface area contributed by atoms with E-state index in [1.807, 2.05) is 0 Å². The van der Waals surface area contributed by atoms with Gasteiger partial charge in [0, 0.05) is 10.7 Å². The molecule has 0 fully saturated rings. The number of nitrogens with one attached hydrogen (secondary N) is 1. The Balaban J connectivity index is 2.31. The van der Waals surface area contributed by atoms with Crippen LogP contribution in [0.2, 0.25) is 5.02 Å². The maximum absolute atomic E-state index is 13.3. The largest absolute Gasteiger partial charge is 0.467 e. The van der Waals surface area contributed by atoms with Crippen LogP contribution in [0, 0.1) is 5.82 Å². The number of methoxy groups -OCH3 is 1. The SMILES string of the molecule is COC(=O)C(Nc1cccc(Cl)c1)c1cccc(F)c1. The van der Waals surface area contributed by atoms with E-state index in [0.717, 1.165) is 0 Å². The number of carbonyl (C=O) groups excluding carboxylic acids is 1. The van der Waals surface area contributed by atoms with Gasteiger partial charge < -0.3 is 10.1 Å². The predicted molar refractivity (Wildman–Crippen MR) is 76.2 cm³/mol. The molecule has 0 amide bonds. The molecule has 0 aliphatic rings. The molecule has 1 unspecified atom stereocenters. The molecule has 20 heavy (non-hydrogen) atoms. The highest BCUT2D eigenvalue weighted by Gasteiger charge is 2.21. The zero-order valence-corrected chi connectivity index (χ0v) is 11.5. The lowest BCUT2D eigenvalue weighted by molar-refractivity contribution is -0.141. The molecule has 0 radical (unpaired) electrons. The molecule has 0 heterocycles. The summed E-state index contributed by atoms with van der Waals surface area (Å²) < 4.78 is 18.0. The van der Waals surface area contributed by atoms with Crippen molar-refractivity contribution in [2.45, 2.75) is 6.04 Å². The van der Waals surface area contributed by atoms with Crippen molar-refractivity contribution in [2.75, 3.05) is 12.4 Å². The maximum atomic E-state index is 13.3. The van der Waals surface area contributed by atoms with Gasteiger partial charge in [0.15, 0.2) is 6.04 Å². The fraction of sp³-hybridized carbons (Fsp3) is 0.133. The third kappa shape index (κ3) is 3.48. The number of esters is 1. The first-order valence-corrected chi connectivity index (χ1v) is 6.33. The molecule has 2 aromatic carbocycles. The molecular weight excluding hydrogens is 281 g/mol. The molecule has 104 valence electrons. The minimum Gasteiger partial charge on any atom is -0.467 e. The van der Waals surface area contributed by atoms with Crippen LogP contribution in [0.1, 0.15) is 11.6 Å². The van der Waals surface area contributed by atoms with Gasteiger partial charge >= 0.3 is 5.97 Å². The number of hydrogen-bond acceptors (Lipinski definition) is 3. The lowest BCUT2D eigenvalue weighted by Crippen LogP contribution is -2.22. The fourth-order valence-electron chi connectivity index (χ4n) is 1.83. The minimum atomic E-state index is -0.797. The summed E-state index contributed by atoms with van der Waals surface area (Å²) in [6, 6.07) is 11.9. The number of halogens is 2. The van der Waals surface area contributed by atoms with Crippen LogP contribution >= 0.6 is 11.6 Å². The summed E-state index contributed by atoms with van der Waals surface area (Å²) in [6.45, 7) is 0. The zero-order chi connectivity index (χ0) is 14.5. The molecule has 0 aliphatic heterocycles. The number of carbonyl (C=O) groups is 1. The van der Waals surface area contributed by atoms with Gasteiger partial charge in [-0.2, -0.15) is 0 Å². The van der Waals surface area contributed by atoms with Gasteiger partial charge in [-0.05, 0) is 35.9 Å². The second kappa shape index (κ2) is 6.39. The molecule has 0 saturated carbocycles. The van der Waals surface area contributed by atoms with Gasteiger partial charge in [-0.15, -0.1) is 0 Å². The van der Waals surface area contributed by atoms with E-state index in [2.05, 4.69) is 5.32 Å². The van der Waals surface area contributed by atoms with Gasteiger partial charge in [0.25, 0.3) is 0 Å². The quantitative estimate of drug-likeness (QED) is 0.871. The fourth-order valence-corrected chi connectivity index (χ4v) is 2.02. The standard InChI is InChI=1S/C15H13ClFNO2/c1-20-15(19)14(10-4-2-6-12(17)8-10)18-13-7-3-5-11(16)9-13/h2-9,14,18H,1H3. The van der Waals surface area contributed by atoms with Gasteiger partial charge in [0.2, 0.25) is 0 Å². The Hall–Kier alpha value is -2.07. The van der Waals surface area contributed by atoms with Crippen LogP contribution in [0.25, 0.3) is 0 Å². The Morgan fingerprint density at radius 1 is 1.25 bits per heavy atom. The third-order valence-corrected chi connectivity index (χ3v) is 2.99. The van der Waals surface area contributed by atoms with E-state index in [1.165, 1.54) is 19.2 Å². The van der Waals surface area contributed by atoms with Crippen molar-refractivity contribution in [3.8, 4) is 0 Å². The van der Waals surface area contributed by atoms with Crippen LogP contribution in [0.5, 0.6) is 0 Å². The average molecular weight is 294 g/mol. The molecule has 0 aliphatic carbocycles. The zero-order valence-electron chi connectivity index (χ0n) is 10.8. The highest BCUT2D eigenvalue weighted by atomic mass is 35.5. The van der Waals surface area contributed by atoms with Gasteiger partial charge in [-0.3, -0.25) is 0 Å². The van der Waals surface area contributed by atoms with E-state index >= 15 is 0 Å². The van der Waals surface area contributed by atoms with E-state index in [9.17, 15) is 9.18 Å². The molecule has 1 N–H and O–H groups in total. The van der Waals surface area contributed by atoms with Gasteiger partial charge in [0.1, 0.15) is 5.82 Å². The number of benzene rings is 2. The Morgan fingerprint density at radius 2 is 2.00 bits per heavy atom. The lowest BCUT2D eigenvalue weighted by Gasteiger charge is -2.18. The van der Waals surface area contributed by atoms with Crippen LogP contribution in [-0.4, -0.2) is 13.1 Å².